The van der Waals surface area contributed by atoms with Crippen LogP contribution >= 0.6 is 11.8 Å². The molecular weight excluding hydrogens is 407 g/mol. The minimum Gasteiger partial charge on any atom is -0.429 e. The van der Waals surface area contributed by atoms with Gasteiger partial charge in [0.2, 0.25) is 6.29 Å². The number of thioether (sulfide) groups is 1. The second-order valence-electron chi connectivity index (χ2n) is 8.86. The molecule has 6 nitrogen and oxygen atoms in total. The summed E-state index contributed by atoms with van der Waals surface area (Å²) in [5, 5.41) is 19.3. The molecule has 1 aromatic heterocycles. The summed E-state index contributed by atoms with van der Waals surface area (Å²) in [6.07, 6.45) is 2.69. The molecule has 4 bridgehead atoms. The molecule has 4 aliphatic rings. The van der Waals surface area contributed by atoms with Crippen molar-refractivity contribution in [2.75, 3.05) is 6.26 Å². The lowest BCUT2D eigenvalue weighted by Crippen LogP contribution is -2.49. The predicted octanol–water partition coefficient (Wildman–Crippen LogP) is 3.67. The lowest BCUT2D eigenvalue weighted by molar-refractivity contribution is -0.220. The van der Waals surface area contributed by atoms with Crippen LogP contribution in [0.5, 0.6) is 0 Å². The maximum absolute atomic E-state index is 12.3. The quantitative estimate of drug-likeness (QED) is 0.402. The van der Waals surface area contributed by atoms with Crippen molar-refractivity contribution < 1.29 is 27.8 Å². The van der Waals surface area contributed by atoms with Crippen LogP contribution in [0.15, 0.2) is 5.16 Å². The van der Waals surface area contributed by atoms with Gasteiger partial charge < -0.3 is 14.4 Å². The first-order valence-corrected chi connectivity index (χ1v) is 11.4. The molecule has 4 fully saturated rings. The average molecular weight is 433 g/mol. The molecule has 162 valence electrons. The third-order valence-electron chi connectivity index (χ3n) is 6.72. The second kappa shape index (κ2) is 7.76. The molecule has 5 rings (SSSR count). The predicted molar refractivity (Wildman–Crippen MR) is 99.0 cm³/mol. The topological polar surface area (TPSA) is 77.2 Å². The fourth-order valence-corrected chi connectivity index (χ4v) is 6.61. The zero-order valence-corrected chi connectivity index (χ0v) is 17.1. The van der Waals surface area contributed by atoms with Crippen molar-refractivity contribution in [1.82, 2.24) is 14.8 Å². The van der Waals surface area contributed by atoms with E-state index in [0.717, 1.165) is 48.0 Å². The van der Waals surface area contributed by atoms with E-state index in [9.17, 15) is 23.1 Å². The molecule has 0 spiro atoms. The summed E-state index contributed by atoms with van der Waals surface area (Å²) < 4.78 is 42.9. The number of halogens is 3. The van der Waals surface area contributed by atoms with Crippen molar-refractivity contribution in [3.63, 3.8) is 0 Å². The Morgan fingerprint density at radius 2 is 1.83 bits per heavy atom. The Balaban J connectivity index is 1.44. The maximum atomic E-state index is 12.3. The van der Waals surface area contributed by atoms with E-state index < -0.39 is 18.4 Å². The van der Waals surface area contributed by atoms with Crippen LogP contribution in [0.25, 0.3) is 0 Å². The molecule has 1 N–H and O–H groups in total. The number of aliphatic hydroxyl groups excluding tert-OH is 1. The molecule has 0 aliphatic heterocycles. The highest BCUT2D eigenvalue weighted by molar-refractivity contribution is 7.98. The number of nitrogens with zero attached hydrogens (tertiary/aromatic N) is 3. The third-order valence-corrected chi connectivity index (χ3v) is 7.39. The summed E-state index contributed by atoms with van der Waals surface area (Å²) in [4.78, 5) is 10.8. The number of rotatable bonds is 7. The molecule has 0 saturated heterocycles. The first-order chi connectivity index (χ1) is 13.7. The van der Waals surface area contributed by atoms with Crippen molar-refractivity contribution in [2.45, 2.75) is 80.9 Å². The van der Waals surface area contributed by atoms with Gasteiger partial charge in [0.15, 0.2) is 5.16 Å². The normalized spacial score (nSPS) is 31.8. The molecule has 4 aliphatic carbocycles. The zero-order chi connectivity index (χ0) is 20.8. The molecule has 10 heteroatoms. The van der Waals surface area contributed by atoms with Crippen LogP contribution in [0, 0.1) is 17.8 Å². The van der Waals surface area contributed by atoms with E-state index in [2.05, 4.69) is 19.5 Å². The van der Waals surface area contributed by atoms with Crippen molar-refractivity contribution in [2.24, 2.45) is 17.8 Å². The van der Waals surface area contributed by atoms with Crippen LogP contribution in [-0.2, 0) is 21.5 Å². The van der Waals surface area contributed by atoms with Gasteiger partial charge in [0.05, 0.1) is 0 Å². The van der Waals surface area contributed by atoms with E-state index in [1.807, 2.05) is 6.26 Å². The zero-order valence-electron chi connectivity index (χ0n) is 16.3. The minimum absolute atomic E-state index is 0.0527. The number of carbonyl (C=O) groups excluding carboxylic acids is 1. The Labute approximate surface area is 171 Å². The van der Waals surface area contributed by atoms with Crippen LogP contribution < -0.4 is 0 Å². The van der Waals surface area contributed by atoms with Gasteiger partial charge in [-0.25, -0.2) is 4.79 Å². The Morgan fingerprint density at radius 1 is 1.24 bits per heavy atom. The molecule has 1 aromatic rings. The second-order valence-corrected chi connectivity index (χ2v) is 9.63. The fraction of sp³-hybridized carbons (Fsp3) is 0.842. The van der Waals surface area contributed by atoms with Gasteiger partial charge in [-0.15, -0.1) is 10.2 Å². The van der Waals surface area contributed by atoms with Gasteiger partial charge in [-0.05, 0) is 69.0 Å². The highest BCUT2D eigenvalue weighted by Crippen LogP contribution is 2.60. The molecule has 0 aromatic carbocycles. The Hall–Kier alpha value is -1.29. The van der Waals surface area contributed by atoms with Crippen LogP contribution in [0.2, 0.25) is 0 Å². The van der Waals surface area contributed by atoms with E-state index in [4.69, 9.17) is 0 Å². The van der Waals surface area contributed by atoms with Gasteiger partial charge in [-0.3, -0.25) is 0 Å². The molecule has 1 atom stereocenters. The number of hydrogen-bond acceptors (Lipinski definition) is 6. The van der Waals surface area contributed by atoms with Crippen molar-refractivity contribution in [3.8, 4) is 0 Å². The standard InChI is InChI=1S/C19H26F3N3O3S/c1-29-17-24-23-15(18-8-11-5-12(9-18)7-13(6-11)10-18)25(17)4-2-3-14(26)28-16(27)19(20,21)22/h11-14,26H,2-10H2,1H3. The molecule has 1 heterocycles. The number of carbonyl (C=O) groups is 1. The van der Waals surface area contributed by atoms with E-state index in [1.165, 1.54) is 31.0 Å². The Bertz CT molecular complexity index is 732. The fourth-order valence-electron chi connectivity index (χ4n) is 6.09. The summed E-state index contributed by atoms with van der Waals surface area (Å²) in [7, 11) is 0. The molecule has 0 radical (unpaired) electrons. The molecule has 29 heavy (non-hydrogen) atoms. The molecule has 1 unspecified atom stereocenters. The van der Waals surface area contributed by atoms with Gasteiger partial charge >= 0.3 is 12.1 Å². The highest BCUT2D eigenvalue weighted by Gasteiger charge is 2.54. The van der Waals surface area contributed by atoms with E-state index in [1.54, 1.807) is 0 Å². The monoisotopic (exact) mass is 433 g/mol. The number of esters is 1. The van der Waals surface area contributed by atoms with Gasteiger partial charge in [-0.1, -0.05) is 11.8 Å². The number of aromatic nitrogens is 3. The highest BCUT2D eigenvalue weighted by atomic mass is 32.2. The first kappa shape index (κ1) is 21.0. The summed E-state index contributed by atoms with van der Waals surface area (Å²) in [6.45, 7) is 0.473. The summed E-state index contributed by atoms with van der Waals surface area (Å²) in [5.74, 6) is 0.893. The van der Waals surface area contributed by atoms with Crippen LogP contribution in [0.4, 0.5) is 13.2 Å². The summed E-state index contributed by atoms with van der Waals surface area (Å²) in [6, 6.07) is 0. The van der Waals surface area contributed by atoms with Crippen molar-refractivity contribution in [3.05, 3.63) is 5.82 Å². The number of ether oxygens (including phenoxy) is 1. The Morgan fingerprint density at radius 3 is 2.34 bits per heavy atom. The van der Waals surface area contributed by atoms with Gasteiger partial charge in [0, 0.05) is 18.4 Å². The van der Waals surface area contributed by atoms with Crippen LogP contribution in [0.3, 0.4) is 0 Å². The van der Waals surface area contributed by atoms with Crippen molar-refractivity contribution in [1.29, 1.82) is 0 Å². The van der Waals surface area contributed by atoms with E-state index in [-0.39, 0.29) is 11.8 Å². The molecule has 4 saturated carbocycles. The van der Waals surface area contributed by atoms with E-state index in [0.29, 0.717) is 13.0 Å². The van der Waals surface area contributed by atoms with Crippen LogP contribution in [-0.4, -0.2) is 44.6 Å². The largest absolute Gasteiger partial charge is 0.491 e. The van der Waals surface area contributed by atoms with Gasteiger partial charge in [-0.2, -0.15) is 13.2 Å². The van der Waals surface area contributed by atoms with Gasteiger partial charge in [0.1, 0.15) is 5.82 Å². The average Bonchev–Trinajstić information content (AvgIpc) is 3.03. The van der Waals surface area contributed by atoms with Gasteiger partial charge in [0.25, 0.3) is 0 Å². The van der Waals surface area contributed by atoms with Crippen molar-refractivity contribution >= 4 is 17.7 Å². The number of aliphatic hydroxyl groups is 1. The minimum atomic E-state index is -5.10. The molecular formula is C19H26F3N3O3S. The van der Waals surface area contributed by atoms with E-state index >= 15 is 0 Å². The first-order valence-electron chi connectivity index (χ1n) is 10.1. The SMILES string of the molecule is CSc1nnc(C23CC4CC(CC(C4)C2)C3)n1CCCC(O)OC(=O)C(F)(F)F. The smallest absolute Gasteiger partial charge is 0.429 e. The maximum Gasteiger partial charge on any atom is 0.491 e. The number of alkyl halides is 3. The lowest BCUT2D eigenvalue weighted by Gasteiger charge is -2.56. The third kappa shape index (κ3) is 4.15. The lowest BCUT2D eigenvalue weighted by atomic mass is 9.49. The summed E-state index contributed by atoms with van der Waals surface area (Å²) >= 11 is 1.49. The molecule has 0 amide bonds. The Kier molecular flexibility index (Phi) is 5.61. The number of hydrogen-bond donors (Lipinski definition) is 1. The summed E-state index contributed by atoms with van der Waals surface area (Å²) in [5.41, 5.74) is 0.0527. The van der Waals surface area contributed by atoms with Crippen LogP contribution in [0.1, 0.15) is 57.2 Å².